The lowest BCUT2D eigenvalue weighted by Crippen LogP contribution is -2.41. The number of aryl methyl sites for hydroxylation is 1. The summed E-state index contributed by atoms with van der Waals surface area (Å²) in [6, 6.07) is 11.0. The summed E-state index contributed by atoms with van der Waals surface area (Å²) in [5, 5.41) is 14.0. The Morgan fingerprint density at radius 2 is 1.73 bits per heavy atom. The molecular formula is C19H23N5O2. The molecule has 1 aromatic carbocycles. The van der Waals surface area contributed by atoms with Crippen LogP contribution < -0.4 is 15.5 Å². The topological polar surface area (TPSA) is 87.2 Å². The Bertz CT molecular complexity index is 774. The van der Waals surface area contributed by atoms with E-state index < -0.39 is 0 Å². The third kappa shape index (κ3) is 4.56. The average Bonchev–Trinajstić information content (AvgIpc) is 2.63. The molecule has 0 spiro atoms. The Kier molecular flexibility index (Phi) is 5.46. The number of nitrogens with one attached hydrogen (secondary N) is 2. The number of nitrogens with zero attached hydrogens (tertiary/aromatic N) is 3. The second kappa shape index (κ2) is 7.95. The van der Waals surface area contributed by atoms with Crippen LogP contribution in [0, 0.1) is 12.8 Å². The van der Waals surface area contributed by atoms with E-state index in [1.165, 1.54) is 6.92 Å². The highest BCUT2D eigenvalue weighted by Gasteiger charge is 2.26. The van der Waals surface area contributed by atoms with E-state index in [9.17, 15) is 9.59 Å². The van der Waals surface area contributed by atoms with E-state index in [2.05, 4.69) is 25.7 Å². The van der Waals surface area contributed by atoms with Gasteiger partial charge in [0, 0.05) is 31.4 Å². The largest absolute Gasteiger partial charge is 0.354 e. The van der Waals surface area contributed by atoms with Gasteiger partial charge in [-0.3, -0.25) is 9.59 Å². The molecule has 26 heavy (non-hydrogen) atoms. The van der Waals surface area contributed by atoms with Crippen LogP contribution in [0.25, 0.3) is 0 Å². The summed E-state index contributed by atoms with van der Waals surface area (Å²) in [5.41, 5.74) is 2.30. The maximum absolute atomic E-state index is 12.6. The van der Waals surface area contributed by atoms with Crippen LogP contribution in [0.1, 0.15) is 25.5 Å². The first-order valence-electron chi connectivity index (χ1n) is 8.75. The first-order valence-corrected chi connectivity index (χ1v) is 8.75. The summed E-state index contributed by atoms with van der Waals surface area (Å²) >= 11 is 0. The van der Waals surface area contributed by atoms with Crippen LogP contribution in [0.15, 0.2) is 36.4 Å². The standard InChI is InChI=1S/C19H23N5O2/c1-13-5-10-18(23-22-13)24-11-3-4-15(12-24)19(26)21-17-8-6-16(7-9-17)20-14(2)25/h5-10,15H,3-4,11-12H2,1-2H3,(H,20,25)(H,21,26). The molecule has 1 unspecified atom stereocenters. The number of carbonyl (C=O) groups excluding carboxylic acids is 2. The second-order valence-electron chi connectivity index (χ2n) is 6.57. The molecule has 1 fully saturated rings. The maximum Gasteiger partial charge on any atom is 0.229 e. The van der Waals surface area contributed by atoms with Gasteiger partial charge in [0.2, 0.25) is 11.8 Å². The van der Waals surface area contributed by atoms with Gasteiger partial charge in [-0.2, -0.15) is 5.10 Å². The van der Waals surface area contributed by atoms with Crippen LogP contribution in [0.3, 0.4) is 0 Å². The second-order valence-corrected chi connectivity index (χ2v) is 6.57. The van der Waals surface area contributed by atoms with E-state index in [4.69, 9.17) is 0 Å². The predicted molar refractivity (Wildman–Crippen MR) is 101 cm³/mol. The number of carbonyl (C=O) groups is 2. The molecule has 0 aliphatic carbocycles. The third-order valence-electron chi connectivity index (χ3n) is 4.37. The molecule has 2 heterocycles. The van der Waals surface area contributed by atoms with Gasteiger partial charge in [-0.1, -0.05) is 0 Å². The highest BCUT2D eigenvalue weighted by Crippen LogP contribution is 2.23. The highest BCUT2D eigenvalue weighted by molar-refractivity contribution is 5.94. The van der Waals surface area contributed by atoms with Gasteiger partial charge >= 0.3 is 0 Å². The molecule has 136 valence electrons. The summed E-state index contributed by atoms with van der Waals surface area (Å²) in [6.07, 6.45) is 1.79. The maximum atomic E-state index is 12.6. The minimum absolute atomic E-state index is 0.00190. The fourth-order valence-corrected chi connectivity index (χ4v) is 3.04. The predicted octanol–water partition coefficient (Wildman–Crippen LogP) is 2.60. The smallest absolute Gasteiger partial charge is 0.229 e. The first-order chi connectivity index (χ1) is 12.5. The van der Waals surface area contributed by atoms with Crippen LogP contribution in [-0.2, 0) is 9.59 Å². The Balaban J connectivity index is 1.60. The molecule has 0 radical (unpaired) electrons. The fraction of sp³-hybridized carbons (Fsp3) is 0.368. The zero-order valence-corrected chi connectivity index (χ0v) is 15.0. The van der Waals surface area contributed by atoms with Crippen molar-refractivity contribution in [3.63, 3.8) is 0 Å². The molecule has 0 bridgehead atoms. The van der Waals surface area contributed by atoms with Crippen LogP contribution >= 0.6 is 0 Å². The van der Waals surface area contributed by atoms with Crippen LogP contribution in [0.5, 0.6) is 0 Å². The van der Waals surface area contributed by atoms with Crippen molar-refractivity contribution < 1.29 is 9.59 Å². The van der Waals surface area contributed by atoms with Crippen molar-refractivity contribution in [3.8, 4) is 0 Å². The Hall–Kier alpha value is -2.96. The molecule has 1 aromatic heterocycles. The van der Waals surface area contributed by atoms with E-state index in [1.54, 1.807) is 24.3 Å². The highest BCUT2D eigenvalue weighted by atomic mass is 16.2. The van der Waals surface area contributed by atoms with E-state index in [0.29, 0.717) is 12.2 Å². The van der Waals surface area contributed by atoms with Crippen molar-refractivity contribution in [2.24, 2.45) is 5.92 Å². The molecule has 7 heteroatoms. The molecule has 1 saturated heterocycles. The molecule has 2 aromatic rings. The minimum Gasteiger partial charge on any atom is -0.354 e. The fourth-order valence-electron chi connectivity index (χ4n) is 3.04. The van der Waals surface area contributed by atoms with Gasteiger partial charge in [0.1, 0.15) is 0 Å². The van der Waals surface area contributed by atoms with Crippen molar-refractivity contribution in [2.75, 3.05) is 28.6 Å². The quantitative estimate of drug-likeness (QED) is 0.882. The molecule has 2 amide bonds. The lowest BCUT2D eigenvalue weighted by molar-refractivity contribution is -0.120. The zero-order chi connectivity index (χ0) is 18.5. The molecule has 2 N–H and O–H groups in total. The van der Waals surface area contributed by atoms with Gasteiger partial charge in [0.05, 0.1) is 11.6 Å². The third-order valence-corrected chi connectivity index (χ3v) is 4.37. The van der Waals surface area contributed by atoms with Gasteiger partial charge in [-0.05, 0) is 56.2 Å². The number of benzene rings is 1. The first kappa shape index (κ1) is 17.8. The average molecular weight is 353 g/mol. The Morgan fingerprint density at radius 3 is 2.35 bits per heavy atom. The van der Waals surface area contributed by atoms with Gasteiger partial charge < -0.3 is 15.5 Å². The van der Waals surface area contributed by atoms with Gasteiger partial charge in [-0.25, -0.2) is 0 Å². The SMILES string of the molecule is CC(=O)Nc1ccc(NC(=O)C2CCCN(c3ccc(C)nn3)C2)cc1. The van der Waals surface area contributed by atoms with Crippen LogP contribution in [0.2, 0.25) is 0 Å². The molecular weight excluding hydrogens is 330 g/mol. The molecule has 1 atom stereocenters. The zero-order valence-electron chi connectivity index (χ0n) is 15.0. The number of amides is 2. The van der Waals surface area contributed by atoms with E-state index in [-0.39, 0.29) is 17.7 Å². The number of anilines is 3. The number of rotatable bonds is 4. The summed E-state index contributed by atoms with van der Waals surface area (Å²) in [4.78, 5) is 25.8. The van der Waals surface area contributed by atoms with Gasteiger partial charge in [0.15, 0.2) is 5.82 Å². The van der Waals surface area contributed by atoms with Gasteiger partial charge in [-0.15, -0.1) is 5.10 Å². The normalized spacial score (nSPS) is 16.8. The Labute approximate surface area is 152 Å². The summed E-state index contributed by atoms with van der Waals surface area (Å²) in [5.74, 6) is 0.597. The van der Waals surface area contributed by atoms with Crippen molar-refractivity contribution >= 4 is 29.0 Å². The Morgan fingerprint density at radius 1 is 1.04 bits per heavy atom. The van der Waals surface area contributed by atoms with Gasteiger partial charge in [0.25, 0.3) is 0 Å². The number of aromatic nitrogens is 2. The summed E-state index contributed by atoms with van der Waals surface area (Å²) in [7, 11) is 0. The lowest BCUT2D eigenvalue weighted by atomic mass is 9.97. The monoisotopic (exact) mass is 353 g/mol. The molecule has 1 aliphatic rings. The molecule has 1 aliphatic heterocycles. The number of hydrogen-bond acceptors (Lipinski definition) is 5. The van der Waals surface area contributed by atoms with Crippen molar-refractivity contribution in [1.29, 1.82) is 0 Å². The van der Waals surface area contributed by atoms with Crippen LogP contribution in [0.4, 0.5) is 17.2 Å². The lowest BCUT2D eigenvalue weighted by Gasteiger charge is -2.32. The van der Waals surface area contributed by atoms with Crippen molar-refractivity contribution in [3.05, 3.63) is 42.1 Å². The van der Waals surface area contributed by atoms with E-state index in [1.807, 2.05) is 19.1 Å². The van der Waals surface area contributed by atoms with Crippen molar-refractivity contribution in [2.45, 2.75) is 26.7 Å². The minimum atomic E-state index is -0.122. The van der Waals surface area contributed by atoms with Crippen molar-refractivity contribution in [1.82, 2.24) is 10.2 Å². The molecule has 3 rings (SSSR count). The molecule has 0 saturated carbocycles. The molecule has 7 nitrogen and oxygen atoms in total. The number of hydrogen-bond donors (Lipinski definition) is 2. The summed E-state index contributed by atoms with van der Waals surface area (Å²) in [6.45, 7) is 4.88. The number of piperidine rings is 1. The van der Waals surface area contributed by atoms with E-state index in [0.717, 1.165) is 36.6 Å². The summed E-state index contributed by atoms with van der Waals surface area (Å²) < 4.78 is 0. The van der Waals surface area contributed by atoms with E-state index >= 15 is 0 Å². The van der Waals surface area contributed by atoms with Crippen LogP contribution in [-0.4, -0.2) is 35.1 Å².